The molecule has 1 heterocycles. The average molecular weight is 304 g/mol. The summed E-state index contributed by atoms with van der Waals surface area (Å²) in [5.41, 5.74) is 8.67. The lowest BCUT2D eigenvalue weighted by atomic mass is 10.1. The Morgan fingerprint density at radius 1 is 1.14 bits per heavy atom. The zero-order valence-electron chi connectivity index (χ0n) is 14.2. The van der Waals surface area contributed by atoms with Crippen LogP contribution in [0.1, 0.15) is 31.7 Å². The first kappa shape index (κ1) is 17.3. The second-order valence-corrected chi connectivity index (χ2v) is 6.56. The fourth-order valence-electron chi connectivity index (χ4n) is 2.81. The number of nitrogens with zero attached hydrogens (tertiary/aromatic N) is 2. The van der Waals surface area contributed by atoms with Gasteiger partial charge in [-0.15, -0.1) is 0 Å². The summed E-state index contributed by atoms with van der Waals surface area (Å²) in [6.45, 7) is 8.82. The molecule has 1 atom stereocenters. The first-order valence-corrected chi connectivity index (χ1v) is 8.66. The predicted molar refractivity (Wildman–Crippen MR) is 95.2 cm³/mol. The summed E-state index contributed by atoms with van der Waals surface area (Å²) < 4.78 is 0. The van der Waals surface area contributed by atoms with E-state index in [9.17, 15) is 0 Å². The van der Waals surface area contributed by atoms with Gasteiger partial charge in [-0.05, 0) is 31.2 Å². The van der Waals surface area contributed by atoms with Crippen molar-refractivity contribution in [2.75, 3.05) is 45.1 Å². The molecular weight excluding hydrogens is 272 g/mol. The molecule has 0 aliphatic carbocycles. The Morgan fingerprint density at radius 3 is 2.45 bits per heavy atom. The summed E-state index contributed by atoms with van der Waals surface area (Å²) in [7, 11) is 2.20. The minimum absolute atomic E-state index is 0.255. The van der Waals surface area contributed by atoms with E-state index in [-0.39, 0.29) is 6.04 Å². The van der Waals surface area contributed by atoms with Crippen LogP contribution in [-0.4, -0.2) is 55.6 Å². The molecule has 0 aromatic heterocycles. The van der Waals surface area contributed by atoms with E-state index >= 15 is 0 Å². The Labute approximate surface area is 135 Å². The molecule has 22 heavy (non-hydrogen) atoms. The van der Waals surface area contributed by atoms with Gasteiger partial charge in [0.15, 0.2) is 0 Å². The molecule has 1 aromatic carbocycles. The summed E-state index contributed by atoms with van der Waals surface area (Å²) >= 11 is 0. The van der Waals surface area contributed by atoms with Crippen LogP contribution < -0.4 is 11.1 Å². The molecular formula is C18H32N4. The smallest absolute Gasteiger partial charge is 0.0340 e. The van der Waals surface area contributed by atoms with Crippen molar-refractivity contribution in [3.8, 4) is 0 Å². The highest BCUT2D eigenvalue weighted by Crippen LogP contribution is 2.13. The van der Waals surface area contributed by atoms with E-state index in [4.69, 9.17) is 5.73 Å². The van der Waals surface area contributed by atoms with Crippen molar-refractivity contribution in [1.82, 2.24) is 9.80 Å². The van der Waals surface area contributed by atoms with E-state index in [0.717, 1.165) is 19.5 Å². The largest absolute Gasteiger partial charge is 0.383 e. The molecule has 4 nitrogen and oxygen atoms in total. The fraction of sp³-hybridized carbons (Fsp3) is 0.667. The number of nitrogens with two attached hydrogens (primary N) is 1. The van der Waals surface area contributed by atoms with Crippen molar-refractivity contribution in [3.05, 3.63) is 29.8 Å². The van der Waals surface area contributed by atoms with Crippen molar-refractivity contribution in [2.45, 2.75) is 38.8 Å². The molecule has 1 aromatic rings. The van der Waals surface area contributed by atoms with Gasteiger partial charge in [-0.25, -0.2) is 0 Å². The van der Waals surface area contributed by atoms with Gasteiger partial charge in [-0.3, -0.25) is 4.90 Å². The number of anilines is 1. The van der Waals surface area contributed by atoms with Gasteiger partial charge in [0, 0.05) is 51.0 Å². The van der Waals surface area contributed by atoms with Crippen LogP contribution in [0, 0.1) is 0 Å². The Morgan fingerprint density at radius 2 is 1.82 bits per heavy atom. The number of rotatable bonds is 8. The average Bonchev–Trinajstić information content (AvgIpc) is 2.54. The van der Waals surface area contributed by atoms with E-state index in [1.165, 1.54) is 50.3 Å². The van der Waals surface area contributed by atoms with Crippen molar-refractivity contribution in [3.63, 3.8) is 0 Å². The lowest BCUT2D eigenvalue weighted by Gasteiger charge is -2.32. The number of hydrogen-bond donors (Lipinski definition) is 2. The van der Waals surface area contributed by atoms with Crippen LogP contribution >= 0.6 is 0 Å². The van der Waals surface area contributed by atoms with Crippen LogP contribution in [0.25, 0.3) is 0 Å². The summed E-state index contributed by atoms with van der Waals surface area (Å²) in [5.74, 6) is 0. The normalized spacial score (nSPS) is 18.3. The first-order valence-electron chi connectivity index (χ1n) is 8.66. The predicted octanol–water partition coefficient (Wildman–Crippen LogP) is 2.36. The standard InChI is InChI=1S/C18H32N4/c1-3-4-5-17(19)14-20-18-8-6-16(7-9-18)15-22-12-10-21(2)11-13-22/h6-9,17,20H,3-5,10-15,19H2,1-2H3. The van der Waals surface area contributed by atoms with Crippen molar-refractivity contribution >= 4 is 5.69 Å². The maximum Gasteiger partial charge on any atom is 0.0340 e. The van der Waals surface area contributed by atoms with Gasteiger partial charge in [-0.1, -0.05) is 31.9 Å². The number of likely N-dealkylation sites (N-methyl/N-ethyl adjacent to an activating group) is 1. The van der Waals surface area contributed by atoms with Gasteiger partial charge in [0.25, 0.3) is 0 Å². The van der Waals surface area contributed by atoms with Crippen LogP contribution in [0.4, 0.5) is 5.69 Å². The van der Waals surface area contributed by atoms with Gasteiger partial charge >= 0.3 is 0 Å². The zero-order chi connectivity index (χ0) is 15.8. The minimum atomic E-state index is 0.255. The highest BCUT2D eigenvalue weighted by Gasteiger charge is 2.13. The van der Waals surface area contributed by atoms with Gasteiger partial charge in [0.2, 0.25) is 0 Å². The molecule has 1 aliphatic rings. The summed E-state index contributed by atoms with van der Waals surface area (Å²) in [6.07, 6.45) is 3.53. The molecule has 1 fully saturated rings. The lowest BCUT2D eigenvalue weighted by Crippen LogP contribution is -2.43. The molecule has 2 rings (SSSR count). The number of nitrogens with one attached hydrogen (secondary N) is 1. The van der Waals surface area contributed by atoms with Gasteiger partial charge < -0.3 is 16.0 Å². The third-order valence-corrected chi connectivity index (χ3v) is 4.45. The molecule has 0 radical (unpaired) electrons. The van der Waals surface area contributed by atoms with Crippen LogP contribution in [-0.2, 0) is 6.54 Å². The topological polar surface area (TPSA) is 44.5 Å². The Hall–Kier alpha value is -1.10. The summed E-state index contributed by atoms with van der Waals surface area (Å²) in [6, 6.07) is 9.08. The lowest BCUT2D eigenvalue weighted by molar-refractivity contribution is 0.148. The molecule has 0 bridgehead atoms. The maximum atomic E-state index is 6.10. The number of piperazine rings is 1. The third kappa shape index (κ3) is 5.95. The molecule has 0 amide bonds. The molecule has 1 saturated heterocycles. The molecule has 0 spiro atoms. The number of hydrogen-bond acceptors (Lipinski definition) is 4. The van der Waals surface area contributed by atoms with Gasteiger partial charge in [0.1, 0.15) is 0 Å². The van der Waals surface area contributed by atoms with E-state index in [2.05, 4.69) is 53.4 Å². The Balaban J connectivity index is 1.73. The van der Waals surface area contributed by atoms with Crippen molar-refractivity contribution in [2.24, 2.45) is 5.73 Å². The highest BCUT2D eigenvalue weighted by atomic mass is 15.2. The van der Waals surface area contributed by atoms with Gasteiger partial charge in [0.05, 0.1) is 0 Å². The van der Waals surface area contributed by atoms with Crippen molar-refractivity contribution in [1.29, 1.82) is 0 Å². The van der Waals surface area contributed by atoms with E-state index in [1.54, 1.807) is 0 Å². The minimum Gasteiger partial charge on any atom is -0.383 e. The zero-order valence-corrected chi connectivity index (χ0v) is 14.2. The first-order chi connectivity index (χ1) is 10.7. The Bertz CT molecular complexity index is 410. The number of unbranched alkanes of at least 4 members (excludes halogenated alkanes) is 1. The SMILES string of the molecule is CCCCC(N)CNc1ccc(CN2CCN(C)CC2)cc1. The van der Waals surface area contributed by atoms with Crippen LogP contribution in [0.15, 0.2) is 24.3 Å². The summed E-state index contributed by atoms with van der Waals surface area (Å²) in [4.78, 5) is 4.92. The summed E-state index contributed by atoms with van der Waals surface area (Å²) in [5, 5.41) is 3.44. The Kier molecular flexibility index (Phi) is 7.16. The molecule has 4 heteroatoms. The monoisotopic (exact) mass is 304 g/mol. The van der Waals surface area contributed by atoms with E-state index in [0.29, 0.717) is 0 Å². The van der Waals surface area contributed by atoms with Crippen LogP contribution in [0.3, 0.4) is 0 Å². The third-order valence-electron chi connectivity index (χ3n) is 4.45. The molecule has 0 saturated carbocycles. The van der Waals surface area contributed by atoms with E-state index in [1.807, 2.05) is 0 Å². The molecule has 3 N–H and O–H groups in total. The highest BCUT2D eigenvalue weighted by molar-refractivity contribution is 5.44. The van der Waals surface area contributed by atoms with Crippen LogP contribution in [0.5, 0.6) is 0 Å². The molecule has 124 valence electrons. The molecule has 1 unspecified atom stereocenters. The second-order valence-electron chi connectivity index (χ2n) is 6.56. The van der Waals surface area contributed by atoms with E-state index < -0.39 is 0 Å². The number of benzene rings is 1. The quantitative estimate of drug-likeness (QED) is 0.774. The second kappa shape index (κ2) is 9.13. The van der Waals surface area contributed by atoms with Gasteiger partial charge in [-0.2, -0.15) is 0 Å². The fourth-order valence-corrected chi connectivity index (χ4v) is 2.81. The van der Waals surface area contributed by atoms with Crippen molar-refractivity contribution < 1.29 is 0 Å². The van der Waals surface area contributed by atoms with Crippen LogP contribution in [0.2, 0.25) is 0 Å². The molecule has 1 aliphatic heterocycles. The maximum absolute atomic E-state index is 6.10.